The van der Waals surface area contributed by atoms with Crippen molar-refractivity contribution >= 4 is 11.8 Å². The third-order valence-electron chi connectivity index (χ3n) is 12.1. The second-order valence-corrected chi connectivity index (χ2v) is 16.7. The minimum absolute atomic E-state index is 0.0357. The lowest BCUT2D eigenvalue weighted by atomic mass is 9.45. The lowest BCUT2D eigenvalue weighted by molar-refractivity contribution is -0.183. The lowest BCUT2D eigenvalue weighted by Crippen LogP contribution is -2.62. The van der Waals surface area contributed by atoms with Gasteiger partial charge in [-0.25, -0.2) is 0 Å². The number of fused-ring (bicyclic) bond motifs is 2. The number of carbonyl (C=O) groups excluding carboxylic acids is 2. The van der Waals surface area contributed by atoms with Crippen LogP contribution in [0.15, 0.2) is 36.4 Å². The maximum absolute atomic E-state index is 14.2. The minimum Gasteiger partial charge on any atom is -0.496 e. The van der Waals surface area contributed by atoms with Crippen molar-refractivity contribution in [1.29, 1.82) is 0 Å². The van der Waals surface area contributed by atoms with Gasteiger partial charge in [0.25, 0.3) is 5.91 Å². The second kappa shape index (κ2) is 16.4. The standard InChI is InChI=1S/C41H62N4O7/c1-23(2)16-29(21-44(7)8)42-39(48)31-17-26(14-15-34(31)50-9)30-13-11-12-27(38(30)51-10)20-45-37(36(25(4)47)35(22-46)52-45)40(49)43-33-19-28-18-32(24(33)3)41(28,5)6/h11-15,17,23-25,28-29,32-33,35-37,46-47H,16,18-22H2,1-10H3,(H,42,48)(H,43,49)/t24-,25-,28+,29-,32-,33-,35-,36-,37-/m0/s1. The number of hydrogen-bond donors (Lipinski definition) is 4. The second-order valence-electron chi connectivity index (χ2n) is 16.7. The van der Waals surface area contributed by atoms with E-state index in [-0.39, 0.29) is 42.5 Å². The highest BCUT2D eigenvalue weighted by Crippen LogP contribution is 2.61. The maximum atomic E-state index is 14.2. The van der Waals surface area contributed by atoms with Crippen molar-refractivity contribution in [3.63, 3.8) is 0 Å². The van der Waals surface area contributed by atoms with Gasteiger partial charge in [0, 0.05) is 35.7 Å². The van der Waals surface area contributed by atoms with Crippen LogP contribution in [-0.2, 0) is 16.2 Å². The Morgan fingerprint density at radius 1 is 1.10 bits per heavy atom. The topological polar surface area (TPSA) is 133 Å². The highest BCUT2D eigenvalue weighted by Gasteiger charge is 2.57. The van der Waals surface area contributed by atoms with Gasteiger partial charge in [0.1, 0.15) is 23.6 Å². The third kappa shape index (κ3) is 8.14. The summed E-state index contributed by atoms with van der Waals surface area (Å²) in [6.45, 7) is 13.4. The van der Waals surface area contributed by atoms with Crippen molar-refractivity contribution in [1.82, 2.24) is 20.6 Å². The summed E-state index contributed by atoms with van der Waals surface area (Å²) < 4.78 is 11.7. The average molecular weight is 723 g/mol. The first-order valence-corrected chi connectivity index (χ1v) is 18.9. The van der Waals surface area contributed by atoms with Gasteiger partial charge in [-0.1, -0.05) is 58.9 Å². The number of aliphatic hydroxyl groups excluding tert-OH is 2. The molecule has 2 aromatic carbocycles. The Hall–Kier alpha value is -3.22. The molecule has 0 unspecified atom stereocenters. The summed E-state index contributed by atoms with van der Waals surface area (Å²) in [6, 6.07) is 10.4. The molecule has 11 heteroatoms. The number of hydroxylamine groups is 2. The van der Waals surface area contributed by atoms with E-state index < -0.39 is 24.2 Å². The zero-order valence-electron chi connectivity index (χ0n) is 32.8. The largest absolute Gasteiger partial charge is 0.496 e. The minimum atomic E-state index is -0.899. The predicted molar refractivity (Wildman–Crippen MR) is 202 cm³/mol. The van der Waals surface area contributed by atoms with E-state index in [9.17, 15) is 19.8 Å². The van der Waals surface area contributed by atoms with Crippen LogP contribution in [0.2, 0.25) is 0 Å². The van der Waals surface area contributed by atoms with Crippen molar-refractivity contribution < 1.29 is 34.1 Å². The van der Waals surface area contributed by atoms with E-state index in [1.165, 1.54) is 6.42 Å². The molecule has 52 heavy (non-hydrogen) atoms. The van der Waals surface area contributed by atoms with E-state index in [0.29, 0.717) is 47.3 Å². The summed E-state index contributed by atoms with van der Waals surface area (Å²) in [7, 11) is 7.14. The Morgan fingerprint density at radius 2 is 1.83 bits per heavy atom. The molecule has 288 valence electrons. The highest BCUT2D eigenvalue weighted by atomic mass is 16.7. The monoisotopic (exact) mass is 722 g/mol. The number of nitrogens with zero attached hydrogens (tertiary/aromatic N) is 2. The number of rotatable bonds is 15. The van der Waals surface area contributed by atoms with Gasteiger partial charge in [0.2, 0.25) is 5.91 Å². The van der Waals surface area contributed by atoms with Crippen molar-refractivity contribution in [3.05, 3.63) is 47.5 Å². The fourth-order valence-electron chi connectivity index (χ4n) is 9.33. The molecule has 11 nitrogen and oxygen atoms in total. The molecule has 3 saturated carbocycles. The van der Waals surface area contributed by atoms with Crippen molar-refractivity contribution in [3.8, 4) is 22.6 Å². The molecule has 6 rings (SSSR count). The van der Waals surface area contributed by atoms with Crippen LogP contribution in [0.5, 0.6) is 11.5 Å². The predicted octanol–water partition coefficient (Wildman–Crippen LogP) is 4.74. The van der Waals surface area contributed by atoms with Crippen LogP contribution >= 0.6 is 0 Å². The number of amides is 2. The quantitative estimate of drug-likeness (QED) is 0.206. The van der Waals surface area contributed by atoms with E-state index in [0.717, 1.165) is 29.5 Å². The number of ether oxygens (including phenoxy) is 2. The number of nitrogens with one attached hydrogen (secondary N) is 2. The van der Waals surface area contributed by atoms with Gasteiger partial charge < -0.3 is 35.2 Å². The zero-order valence-corrected chi connectivity index (χ0v) is 32.8. The van der Waals surface area contributed by atoms with Crippen molar-refractivity contribution in [2.24, 2.45) is 35.0 Å². The van der Waals surface area contributed by atoms with E-state index in [1.54, 1.807) is 32.3 Å². The number of benzene rings is 2. The number of methoxy groups -OCH3 is 2. The molecule has 0 spiro atoms. The molecule has 1 heterocycles. The molecule has 3 aliphatic carbocycles. The van der Waals surface area contributed by atoms with Gasteiger partial charge in [0.15, 0.2) is 0 Å². The first kappa shape index (κ1) is 40.0. The van der Waals surface area contributed by atoms with Crippen LogP contribution in [0.4, 0.5) is 0 Å². The number of para-hydroxylation sites is 1. The summed E-state index contributed by atoms with van der Waals surface area (Å²) in [5.74, 6) is 1.85. The molecular formula is C41H62N4O7. The summed E-state index contributed by atoms with van der Waals surface area (Å²) in [5, 5.41) is 29.4. The van der Waals surface area contributed by atoms with Crippen LogP contribution in [0.3, 0.4) is 0 Å². The summed E-state index contributed by atoms with van der Waals surface area (Å²) in [5.41, 5.74) is 2.97. The van der Waals surface area contributed by atoms with Gasteiger partial charge in [-0.2, -0.15) is 5.06 Å². The Labute approximate surface area is 310 Å². The molecule has 2 bridgehead atoms. The van der Waals surface area contributed by atoms with Crippen LogP contribution in [0.1, 0.15) is 76.7 Å². The third-order valence-corrected chi connectivity index (χ3v) is 12.1. The highest BCUT2D eigenvalue weighted by molar-refractivity contribution is 5.98. The number of carbonyl (C=O) groups is 2. The first-order valence-electron chi connectivity index (χ1n) is 18.9. The van der Waals surface area contributed by atoms with Gasteiger partial charge in [-0.3, -0.25) is 14.4 Å². The lowest BCUT2D eigenvalue weighted by Gasteiger charge is -2.62. The molecule has 4 aliphatic rings. The zero-order chi connectivity index (χ0) is 38.1. The molecule has 1 aliphatic heterocycles. The van der Waals surface area contributed by atoms with Crippen LogP contribution in [0.25, 0.3) is 11.1 Å². The Balaban J connectivity index is 1.42. The summed E-state index contributed by atoms with van der Waals surface area (Å²) in [4.78, 5) is 36.3. The van der Waals surface area contributed by atoms with Crippen LogP contribution in [-0.4, -0.2) is 104 Å². The average Bonchev–Trinajstić information content (AvgIpc) is 3.46. The maximum Gasteiger partial charge on any atom is 0.255 e. The molecule has 2 amide bonds. The molecule has 9 atom stereocenters. The van der Waals surface area contributed by atoms with Gasteiger partial charge in [-0.05, 0) is 87.1 Å². The smallest absolute Gasteiger partial charge is 0.255 e. The molecular weight excluding hydrogens is 660 g/mol. The number of likely N-dealkylation sites (N-methyl/N-ethyl adjacent to an activating group) is 1. The van der Waals surface area contributed by atoms with Crippen molar-refractivity contribution in [2.45, 2.75) is 97.7 Å². The van der Waals surface area contributed by atoms with Gasteiger partial charge in [-0.15, -0.1) is 0 Å². The summed E-state index contributed by atoms with van der Waals surface area (Å²) >= 11 is 0. The molecule has 0 aromatic heterocycles. The van der Waals surface area contributed by atoms with Crippen LogP contribution in [0, 0.1) is 35.0 Å². The van der Waals surface area contributed by atoms with E-state index >= 15 is 0 Å². The van der Waals surface area contributed by atoms with Gasteiger partial charge in [0.05, 0.1) is 39.0 Å². The van der Waals surface area contributed by atoms with Crippen LogP contribution < -0.4 is 20.1 Å². The van der Waals surface area contributed by atoms with Crippen molar-refractivity contribution in [2.75, 3.05) is 41.5 Å². The Kier molecular flexibility index (Phi) is 12.6. The Bertz CT molecular complexity index is 1550. The first-order chi connectivity index (χ1) is 24.6. The normalized spacial score (nSPS) is 27.9. The molecule has 4 N–H and O–H groups in total. The molecule has 4 fully saturated rings. The SMILES string of the molecule is COc1ccc(-c2cccc(CN3O[C@@H](CO)[C@H]([C@H](C)O)[C@H]3C(=O)N[C@H]3C[C@H]4C[C@@H]([C@@H]3C)C4(C)C)c2OC)cc1C(=O)N[C@@H](CC(C)C)CN(C)C. The fourth-order valence-corrected chi connectivity index (χ4v) is 9.33. The number of hydrogen-bond acceptors (Lipinski definition) is 9. The fraction of sp³-hybridized carbons (Fsp3) is 0.659. The van der Waals surface area contributed by atoms with Gasteiger partial charge >= 0.3 is 0 Å². The molecule has 1 saturated heterocycles. The van der Waals surface area contributed by atoms with E-state index in [4.69, 9.17) is 14.3 Å². The number of aliphatic hydroxyl groups is 2. The van der Waals surface area contributed by atoms with E-state index in [1.807, 2.05) is 44.4 Å². The van der Waals surface area contributed by atoms with E-state index in [2.05, 4.69) is 50.2 Å². The molecule has 0 radical (unpaired) electrons. The summed E-state index contributed by atoms with van der Waals surface area (Å²) in [6.07, 6.45) is 1.32. The molecule has 2 aromatic rings. The Morgan fingerprint density at radius 3 is 2.40 bits per heavy atom.